The Labute approximate surface area is 123 Å². The molecule has 1 amide bonds. The molecule has 1 aromatic heterocycles. The van der Waals surface area contributed by atoms with Crippen molar-refractivity contribution in [1.82, 2.24) is 14.5 Å². The Hall–Kier alpha value is -1.02. The van der Waals surface area contributed by atoms with Crippen molar-refractivity contribution in [3.05, 3.63) is 10.6 Å². The molecule has 1 aromatic rings. The van der Waals surface area contributed by atoms with Crippen LogP contribution in [0.2, 0.25) is 0 Å². The van der Waals surface area contributed by atoms with E-state index in [2.05, 4.69) is 9.59 Å². The van der Waals surface area contributed by atoms with Gasteiger partial charge < -0.3 is 4.90 Å². The molecule has 0 radical (unpaired) electrons. The Morgan fingerprint density at radius 3 is 2.75 bits per heavy atom. The topological polar surface area (TPSA) is 80.2 Å². The van der Waals surface area contributed by atoms with Gasteiger partial charge in [-0.3, -0.25) is 4.79 Å². The number of carbonyl (C=O) groups is 1. The number of sulfone groups is 1. The third-order valence-electron chi connectivity index (χ3n) is 3.46. The van der Waals surface area contributed by atoms with Gasteiger partial charge in [0.15, 0.2) is 9.84 Å². The molecule has 1 atom stereocenters. The monoisotopic (exact) mass is 317 g/mol. The highest BCUT2D eigenvalue weighted by Crippen LogP contribution is 2.22. The van der Waals surface area contributed by atoms with Gasteiger partial charge in [0.1, 0.15) is 4.88 Å². The lowest BCUT2D eigenvalue weighted by Gasteiger charge is -2.27. The fourth-order valence-corrected chi connectivity index (χ4v) is 4.88. The first-order valence-electron chi connectivity index (χ1n) is 6.81. The van der Waals surface area contributed by atoms with E-state index in [0.717, 1.165) is 18.0 Å². The smallest absolute Gasteiger partial charge is 0.267 e. The van der Waals surface area contributed by atoms with Crippen molar-refractivity contribution >= 4 is 27.3 Å². The van der Waals surface area contributed by atoms with Crippen molar-refractivity contribution < 1.29 is 13.2 Å². The van der Waals surface area contributed by atoms with Crippen LogP contribution >= 0.6 is 11.5 Å². The molecule has 0 aromatic carbocycles. The number of carbonyl (C=O) groups excluding carboxylic acids is 1. The highest BCUT2D eigenvalue weighted by Gasteiger charge is 2.35. The lowest BCUT2D eigenvalue weighted by Crippen LogP contribution is -2.41. The predicted molar refractivity (Wildman–Crippen MR) is 77.7 cm³/mol. The van der Waals surface area contributed by atoms with Gasteiger partial charge in [-0.05, 0) is 30.8 Å². The fraction of sp³-hybridized carbons (Fsp3) is 0.750. The number of aryl methyl sites for hydroxylation is 1. The molecule has 112 valence electrons. The van der Waals surface area contributed by atoms with Crippen LogP contribution < -0.4 is 0 Å². The fourth-order valence-electron chi connectivity index (χ4n) is 2.44. The van der Waals surface area contributed by atoms with E-state index in [9.17, 15) is 13.2 Å². The first-order valence-corrected chi connectivity index (χ1v) is 9.40. The van der Waals surface area contributed by atoms with Crippen LogP contribution in [-0.2, 0) is 16.3 Å². The normalized spacial score (nSPS) is 21.0. The van der Waals surface area contributed by atoms with E-state index < -0.39 is 9.84 Å². The van der Waals surface area contributed by atoms with Gasteiger partial charge in [-0.1, -0.05) is 18.3 Å². The summed E-state index contributed by atoms with van der Waals surface area (Å²) in [5, 5.41) is 3.96. The number of hydrogen-bond acceptors (Lipinski definition) is 6. The number of aromatic nitrogens is 2. The zero-order valence-electron chi connectivity index (χ0n) is 11.7. The molecule has 1 aliphatic rings. The van der Waals surface area contributed by atoms with Gasteiger partial charge in [0, 0.05) is 12.6 Å². The molecular formula is C12H19N3O3S2. The summed E-state index contributed by atoms with van der Waals surface area (Å²) in [6.45, 7) is 4.48. The molecule has 1 fully saturated rings. The van der Waals surface area contributed by atoms with Crippen molar-refractivity contribution in [3.8, 4) is 0 Å². The first kappa shape index (κ1) is 15.4. The number of amides is 1. The average molecular weight is 317 g/mol. The molecule has 6 nitrogen and oxygen atoms in total. The molecule has 0 bridgehead atoms. The second-order valence-electron chi connectivity index (χ2n) is 4.96. The van der Waals surface area contributed by atoms with E-state index >= 15 is 0 Å². The van der Waals surface area contributed by atoms with E-state index in [0.29, 0.717) is 30.0 Å². The Balaban J connectivity index is 2.23. The van der Waals surface area contributed by atoms with Crippen LogP contribution in [0.5, 0.6) is 0 Å². The Morgan fingerprint density at radius 1 is 1.45 bits per heavy atom. The molecule has 0 N–H and O–H groups in total. The van der Waals surface area contributed by atoms with Crippen LogP contribution in [0.15, 0.2) is 0 Å². The largest absolute Gasteiger partial charge is 0.334 e. The van der Waals surface area contributed by atoms with Crippen LogP contribution in [-0.4, -0.2) is 52.9 Å². The number of nitrogens with zero attached hydrogens (tertiary/aromatic N) is 3. The van der Waals surface area contributed by atoms with Gasteiger partial charge in [0.25, 0.3) is 5.91 Å². The molecule has 8 heteroatoms. The van der Waals surface area contributed by atoms with Crippen molar-refractivity contribution in [1.29, 1.82) is 0 Å². The van der Waals surface area contributed by atoms with Crippen molar-refractivity contribution in [2.75, 3.05) is 18.1 Å². The van der Waals surface area contributed by atoms with Gasteiger partial charge in [0.2, 0.25) is 0 Å². The second-order valence-corrected chi connectivity index (χ2v) is 7.94. The predicted octanol–water partition coefficient (Wildman–Crippen LogP) is 1.14. The summed E-state index contributed by atoms with van der Waals surface area (Å²) in [6, 6.07) is -0.209. The Kier molecular flexibility index (Phi) is 4.74. The number of hydrogen-bond donors (Lipinski definition) is 0. The summed E-state index contributed by atoms with van der Waals surface area (Å²) >= 11 is 1.09. The molecule has 1 aliphatic heterocycles. The van der Waals surface area contributed by atoms with Crippen LogP contribution in [0.3, 0.4) is 0 Å². The zero-order valence-corrected chi connectivity index (χ0v) is 13.3. The molecule has 1 saturated heterocycles. The summed E-state index contributed by atoms with van der Waals surface area (Å²) in [4.78, 5) is 14.9. The minimum Gasteiger partial charge on any atom is -0.334 e. The highest BCUT2D eigenvalue weighted by atomic mass is 32.2. The second kappa shape index (κ2) is 6.17. The lowest BCUT2D eigenvalue weighted by molar-refractivity contribution is 0.0701. The average Bonchev–Trinajstić information content (AvgIpc) is 3.01. The molecule has 2 rings (SSSR count). The number of rotatable bonds is 5. The maximum atomic E-state index is 12.6. The standard InChI is InChI=1S/C12H19N3O3S2/c1-3-6-15(9-5-7-20(17,18)8-9)12(16)11-10(4-2)13-14-19-11/h9H,3-8H2,1-2H3. The highest BCUT2D eigenvalue weighted by molar-refractivity contribution is 7.91. The van der Waals surface area contributed by atoms with Crippen LogP contribution in [0.1, 0.15) is 42.1 Å². The van der Waals surface area contributed by atoms with Crippen LogP contribution in [0, 0.1) is 0 Å². The molecular weight excluding hydrogens is 298 g/mol. The van der Waals surface area contributed by atoms with Crippen LogP contribution in [0.4, 0.5) is 0 Å². The molecule has 0 spiro atoms. The van der Waals surface area contributed by atoms with E-state index in [1.54, 1.807) is 4.90 Å². The molecule has 20 heavy (non-hydrogen) atoms. The first-order chi connectivity index (χ1) is 9.48. The van der Waals surface area contributed by atoms with Gasteiger partial charge in [0.05, 0.1) is 17.2 Å². The summed E-state index contributed by atoms with van der Waals surface area (Å²) in [5.41, 5.74) is 0.696. The lowest BCUT2D eigenvalue weighted by atomic mass is 10.2. The van der Waals surface area contributed by atoms with Gasteiger partial charge >= 0.3 is 0 Å². The molecule has 1 unspecified atom stereocenters. The summed E-state index contributed by atoms with van der Waals surface area (Å²) in [7, 11) is -3.00. The third-order valence-corrected chi connectivity index (χ3v) is 5.97. The van der Waals surface area contributed by atoms with Crippen molar-refractivity contribution in [2.24, 2.45) is 0 Å². The van der Waals surface area contributed by atoms with E-state index in [-0.39, 0.29) is 23.5 Å². The Bertz CT molecular complexity index is 583. The zero-order chi connectivity index (χ0) is 14.8. The summed E-state index contributed by atoms with van der Waals surface area (Å²) in [5.74, 6) is 0.125. The van der Waals surface area contributed by atoms with Crippen molar-refractivity contribution in [2.45, 2.75) is 39.2 Å². The minimum absolute atomic E-state index is 0.0758. The van der Waals surface area contributed by atoms with Gasteiger partial charge in [-0.25, -0.2) is 8.42 Å². The van der Waals surface area contributed by atoms with Crippen LogP contribution in [0.25, 0.3) is 0 Å². The van der Waals surface area contributed by atoms with Crippen molar-refractivity contribution in [3.63, 3.8) is 0 Å². The molecule has 0 saturated carbocycles. The maximum absolute atomic E-state index is 12.6. The summed E-state index contributed by atoms with van der Waals surface area (Å²) < 4.78 is 27.1. The third kappa shape index (κ3) is 3.17. The summed E-state index contributed by atoms with van der Waals surface area (Å²) in [6.07, 6.45) is 1.98. The van der Waals surface area contributed by atoms with Gasteiger partial charge in [-0.15, -0.1) is 5.10 Å². The Morgan fingerprint density at radius 2 is 2.20 bits per heavy atom. The van der Waals surface area contributed by atoms with E-state index in [1.165, 1.54) is 0 Å². The van der Waals surface area contributed by atoms with Gasteiger partial charge in [-0.2, -0.15) is 0 Å². The minimum atomic E-state index is -3.00. The molecule has 2 heterocycles. The maximum Gasteiger partial charge on any atom is 0.267 e. The van der Waals surface area contributed by atoms with E-state index in [4.69, 9.17) is 0 Å². The SMILES string of the molecule is CCCN(C(=O)c1snnc1CC)C1CCS(=O)(=O)C1. The quantitative estimate of drug-likeness (QED) is 0.813. The van der Waals surface area contributed by atoms with E-state index in [1.807, 2.05) is 13.8 Å². The molecule has 0 aliphatic carbocycles.